The van der Waals surface area contributed by atoms with Crippen LogP contribution >= 0.6 is 0 Å². The lowest BCUT2D eigenvalue weighted by Crippen LogP contribution is -2.13. The molecule has 0 bridgehead atoms. The van der Waals surface area contributed by atoms with E-state index in [9.17, 15) is 24.0 Å². The summed E-state index contributed by atoms with van der Waals surface area (Å²) < 4.78 is 28.7. The van der Waals surface area contributed by atoms with Gasteiger partial charge in [0.15, 0.2) is 5.52 Å². The second-order valence-electron chi connectivity index (χ2n) is 6.09. The number of alkyl halides is 2. The largest absolute Gasteiger partial charge is 0.435 e. The summed E-state index contributed by atoms with van der Waals surface area (Å²) in [5.41, 5.74) is 1.86. The predicted octanol–water partition coefficient (Wildman–Crippen LogP) is 4.20. The number of nitrogens with one attached hydrogen (secondary N) is 1. The van der Waals surface area contributed by atoms with Gasteiger partial charge in [-0.3, -0.25) is 10.1 Å². The maximum absolute atomic E-state index is 12.2. The lowest BCUT2D eigenvalue weighted by Gasteiger charge is -2.15. The number of aliphatic hydroxyl groups excluding tert-OH is 1. The van der Waals surface area contributed by atoms with E-state index in [1.54, 1.807) is 25.1 Å². The number of fused-ring (bicyclic) bond motifs is 1. The predicted molar refractivity (Wildman–Crippen MR) is 99.7 cm³/mol. The Morgan fingerprint density at radius 1 is 1.25 bits per heavy atom. The molecule has 0 aliphatic carbocycles. The van der Waals surface area contributed by atoms with Crippen LogP contribution in [0.15, 0.2) is 48.5 Å². The van der Waals surface area contributed by atoms with Gasteiger partial charge in [-0.05, 0) is 30.7 Å². The van der Waals surface area contributed by atoms with Gasteiger partial charge in [-0.15, -0.1) is 0 Å². The van der Waals surface area contributed by atoms with Crippen LogP contribution in [0.3, 0.4) is 0 Å². The Morgan fingerprint density at radius 3 is 2.61 bits per heavy atom. The number of aryl methyl sites for hydroxylation is 1. The van der Waals surface area contributed by atoms with E-state index in [1.807, 2.05) is 0 Å². The molecule has 0 aliphatic heterocycles. The highest BCUT2D eigenvalue weighted by Gasteiger charge is 2.16. The van der Waals surface area contributed by atoms with Gasteiger partial charge in [0.05, 0.1) is 11.0 Å². The van der Waals surface area contributed by atoms with E-state index in [-0.39, 0.29) is 23.5 Å². The normalized spacial score (nSPS) is 12.2. The van der Waals surface area contributed by atoms with E-state index < -0.39 is 17.6 Å². The minimum absolute atomic E-state index is 0.00183. The van der Waals surface area contributed by atoms with Crippen LogP contribution in [0.2, 0.25) is 0 Å². The smallest absolute Gasteiger partial charge is 0.387 e. The molecule has 0 saturated heterocycles. The highest BCUT2D eigenvalue weighted by Crippen LogP contribution is 2.30. The molecule has 3 rings (SSSR count). The van der Waals surface area contributed by atoms with Crippen LogP contribution in [0.1, 0.15) is 17.4 Å². The third kappa shape index (κ3) is 4.32. The third-order valence-electron chi connectivity index (χ3n) is 4.12. The number of hydrogen-bond donors (Lipinski definition) is 2. The molecule has 1 heterocycles. The summed E-state index contributed by atoms with van der Waals surface area (Å²) in [6.45, 7) is -1.08. The van der Waals surface area contributed by atoms with E-state index >= 15 is 0 Å². The summed E-state index contributed by atoms with van der Waals surface area (Å²) in [7, 11) is 0. The fourth-order valence-corrected chi connectivity index (χ4v) is 2.85. The molecule has 2 N–H and O–H groups in total. The molecule has 1 aromatic heterocycles. The lowest BCUT2D eigenvalue weighted by atomic mass is 10.1. The van der Waals surface area contributed by atoms with Gasteiger partial charge in [0.2, 0.25) is 0 Å². The summed E-state index contributed by atoms with van der Waals surface area (Å²) in [5, 5.41) is 25.2. The first-order valence-corrected chi connectivity index (χ1v) is 8.36. The second-order valence-corrected chi connectivity index (χ2v) is 6.09. The van der Waals surface area contributed by atoms with E-state index in [2.05, 4.69) is 15.0 Å². The minimum Gasteiger partial charge on any atom is -0.435 e. The van der Waals surface area contributed by atoms with E-state index in [1.165, 1.54) is 30.3 Å². The number of benzene rings is 2. The quantitative estimate of drug-likeness (QED) is 0.464. The number of pyridine rings is 1. The number of para-hydroxylation sites is 1. The Morgan fingerprint density at radius 2 is 1.96 bits per heavy atom. The molecule has 3 aromatic rings. The summed E-state index contributed by atoms with van der Waals surface area (Å²) >= 11 is 0. The molecule has 28 heavy (non-hydrogen) atoms. The number of nitrogens with zero attached hydrogens (tertiary/aromatic N) is 2. The number of rotatable bonds is 7. The van der Waals surface area contributed by atoms with E-state index in [4.69, 9.17) is 0 Å². The van der Waals surface area contributed by atoms with Crippen molar-refractivity contribution >= 4 is 22.3 Å². The summed E-state index contributed by atoms with van der Waals surface area (Å²) in [4.78, 5) is 15.0. The number of aliphatic hydroxyl groups is 1. The standard InChI is InChI=1S/C19H17F2N3O4/c1-11-9-15(14-3-2-4-16(24(26)27)18(14)23-11)22-10-17(25)12-5-7-13(8-6-12)28-19(20)21/h2-9,17,19,25H,10H2,1H3,(H,22,23). The summed E-state index contributed by atoms with van der Waals surface area (Å²) in [5.74, 6) is 0.00183. The van der Waals surface area contributed by atoms with Crippen LogP contribution in [-0.4, -0.2) is 28.2 Å². The van der Waals surface area contributed by atoms with Gasteiger partial charge >= 0.3 is 6.61 Å². The SMILES string of the molecule is Cc1cc(NCC(O)c2ccc(OC(F)F)cc2)c2cccc([N+](=O)[O-])c2n1. The van der Waals surface area contributed by atoms with Crippen molar-refractivity contribution in [2.24, 2.45) is 0 Å². The van der Waals surface area contributed by atoms with Gasteiger partial charge in [0, 0.05) is 29.4 Å². The van der Waals surface area contributed by atoms with Crippen molar-refractivity contribution in [3.8, 4) is 5.75 Å². The Bertz CT molecular complexity index is 996. The molecule has 0 fully saturated rings. The molecule has 0 saturated carbocycles. The number of halogens is 2. The molecule has 2 aromatic carbocycles. The number of nitro groups is 1. The van der Waals surface area contributed by atoms with Crippen LogP contribution in [0.4, 0.5) is 20.2 Å². The Hall–Kier alpha value is -3.33. The van der Waals surface area contributed by atoms with Gasteiger partial charge in [0.25, 0.3) is 5.69 Å². The van der Waals surface area contributed by atoms with Gasteiger partial charge in [-0.2, -0.15) is 8.78 Å². The summed E-state index contributed by atoms with van der Waals surface area (Å²) in [6.07, 6.45) is -0.928. The average Bonchev–Trinajstić information content (AvgIpc) is 2.65. The zero-order chi connectivity index (χ0) is 20.3. The lowest BCUT2D eigenvalue weighted by molar-refractivity contribution is -0.383. The highest BCUT2D eigenvalue weighted by molar-refractivity contribution is 5.96. The Balaban J connectivity index is 1.79. The fourth-order valence-electron chi connectivity index (χ4n) is 2.85. The van der Waals surface area contributed by atoms with Gasteiger partial charge in [-0.25, -0.2) is 4.98 Å². The molecule has 9 heteroatoms. The molecule has 0 aliphatic rings. The second kappa shape index (κ2) is 8.13. The number of aromatic nitrogens is 1. The zero-order valence-corrected chi connectivity index (χ0v) is 14.8. The molecule has 0 radical (unpaired) electrons. The Labute approximate surface area is 158 Å². The molecule has 0 amide bonds. The molecule has 0 spiro atoms. The Kier molecular flexibility index (Phi) is 5.65. The van der Waals surface area contributed by atoms with Crippen molar-refractivity contribution in [1.29, 1.82) is 0 Å². The first-order chi connectivity index (χ1) is 13.3. The minimum atomic E-state index is -2.91. The molecule has 7 nitrogen and oxygen atoms in total. The molecule has 1 unspecified atom stereocenters. The van der Waals surface area contributed by atoms with Crippen molar-refractivity contribution in [3.63, 3.8) is 0 Å². The average molecular weight is 389 g/mol. The van der Waals surface area contributed by atoms with Crippen molar-refractivity contribution in [2.45, 2.75) is 19.6 Å². The van der Waals surface area contributed by atoms with Crippen LogP contribution in [0, 0.1) is 17.0 Å². The van der Waals surface area contributed by atoms with Crippen LogP contribution in [0.25, 0.3) is 10.9 Å². The van der Waals surface area contributed by atoms with Gasteiger partial charge < -0.3 is 15.2 Å². The van der Waals surface area contributed by atoms with Crippen LogP contribution in [0.5, 0.6) is 5.75 Å². The van der Waals surface area contributed by atoms with Gasteiger partial charge in [0.1, 0.15) is 5.75 Å². The first kappa shape index (κ1) is 19.4. The van der Waals surface area contributed by atoms with E-state index in [0.717, 1.165) is 0 Å². The fraction of sp³-hybridized carbons (Fsp3) is 0.211. The maximum atomic E-state index is 12.2. The van der Waals surface area contributed by atoms with Gasteiger partial charge in [-0.1, -0.05) is 24.3 Å². The highest BCUT2D eigenvalue weighted by atomic mass is 19.3. The number of anilines is 1. The number of hydrogen-bond acceptors (Lipinski definition) is 6. The first-order valence-electron chi connectivity index (χ1n) is 8.36. The number of non-ortho nitro benzene ring substituents is 1. The zero-order valence-electron chi connectivity index (χ0n) is 14.8. The number of ether oxygens (including phenoxy) is 1. The molecule has 1 atom stereocenters. The van der Waals surface area contributed by atoms with E-state index in [0.29, 0.717) is 22.3 Å². The van der Waals surface area contributed by atoms with Crippen LogP contribution < -0.4 is 10.1 Å². The van der Waals surface area contributed by atoms with Crippen molar-refractivity contribution in [3.05, 3.63) is 69.9 Å². The molecular formula is C19H17F2N3O4. The van der Waals surface area contributed by atoms with Crippen molar-refractivity contribution in [2.75, 3.05) is 11.9 Å². The third-order valence-corrected chi connectivity index (χ3v) is 4.12. The molecule has 146 valence electrons. The van der Waals surface area contributed by atoms with Crippen LogP contribution in [-0.2, 0) is 0 Å². The monoisotopic (exact) mass is 389 g/mol. The van der Waals surface area contributed by atoms with Crippen molar-refractivity contribution < 1.29 is 23.5 Å². The summed E-state index contributed by atoms with van der Waals surface area (Å²) in [6, 6.07) is 12.1. The van der Waals surface area contributed by atoms with Crippen molar-refractivity contribution in [1.82, 2.24) is 4.98 Å². The maximum Gasteiger partial charge on any atom is 0.387 e. The molecular weight excluding hydrogens is 372 g/mol. The topological polar surface area (TPSA) is 97.5 Å². The number of nitro benzene ring substituents is 1.